The molecule has 1 aliphatic heterocycles. The van der Waals surface area contributed by atoms with Crippen LogP contribution in [0.1, 0.15) is 22.8 Å². The van der Waals surface area contributed by atoms with Crippen LogP contribution in [0.5, 0.6) is 0 Å². The highest BCUT2D eigenvalue weighted by Gasteiger charge is 2.26. The molecule has 144 valence electrons. The Balaban J connectivity index is 1.54. The number of morpholine rings is 1. The van der Waals surface area contributed by atoms with Crippen LogP contribution in [0, 0.1) is 6.92 Å². The van der Waals surface area contributed by atoms with Crippen molar-refractivity contribution >= 4 is 15.9 Å². The topological polar surface area (TPSA) is 75.7 Å². The Hall–Kier alpha value is -2.22. The van der Waals surface area contributed by atoms with Crippen LogP contribution in [0.15, 0.2) is 54.6 Å². The maximum atomic E-state index is 12.5. The first kappa shape index (κ1) is 19.5. The summed E-state index contributed by atoms with van der Waals surface area (Å²) in [5.41, 5.74) is 2.77. The smallest absolute Gasteiger partial charge is 0.237 e. The first-order valence-corrected chi connectivity index (χ1v) is 10.6. The van der Waals surface area contributed by atoms with Gasteiger partial charge in [-0.15, -0.1) is 0 Å². The lowest BCUT2D eigenvalue weighted by atomic mass is 10.1. The molecule has 1 saturated heterocycles. The number of nitrogens with one attached hydrogen (secondary N) is 1. The summed E-state index contributed by atoms with van der Waals surface area (Å²) in [6.07, 6.45) is -0.187. The SMILES string of the molecule is Cc1ccc(CS(=O)(=O)NCC(=O)N2CCOC(c3ccccc3)C2)cc1. The van der Waals surface area contributed by atoms with Gasteiger partial charge in [0.25, 0.3) is 0 Å². The number of hydrogen-bond donors (Lipinski definition) is 1. The second kappa shape index (κ2) is 8.65. The molecule has 27 heavy (non-hydrogen) atoms. The van der Waals surface area contributed by atoms with Gasteiger partial charge in [-0.05, 0) is 18.1 Å². The largest absolute Gasteiger partial charge is 0.370 e. The molecular weight excluding hydrogens is 364 g/mol. The summed E-state index contributed by atoms with van der Waals surface area (Å²) in [5, 5.41) is 0. The summed E-state index contributed by atoms with van der Waals surface area (Å²) in [6, 6.07) is 17.0. The minimum atomic E-state index is -3.58. The minimum Gasteiger partial charge on any atom is -0.370 e. The van der Waals surface area contributed by atoms with E-state index in [1.807, 2.05) is 49.4 Å². The second-order valence-electron chi connectivity index (χ2n) is 6.68. The van der Waals surface area contributed by atoms with Gasteiger partial charge in [-0.2, -0.15) is 0 Å². The first-order valence-electron chi connectivity index (χ1n) is 8.90. The molecule has 0 aromatic heterocycles. The molecule has 1 fully saturated rings. The molecule has 3 rings (SSSR count). The molecule has 1 N–H and O–H groups in total. The Kier molecular flexibility index (Phi) is 6.26. The zero-order valence-electron chi connectivity index (χ0n) is 15.3. The second-order valence-corrected chi connectivity index (χ2v) is 8.48. The van der Waals surface area contributed by atoms with Crippen molar-refractivity contribution in [1.29, 1.82) is 0 Å². The number of carbonyl (C=O) groups is 1. The van der Waals surface area contributed by atoms with E-state index in [4.69, 9.17) is 4.74 Å². The van der Waals surface area contributed by atoms with E-state index in [0.29, 0.717) is 25.3 Å². The summed E-state index contributed by atoms with van der Waals surface area (Å²) >= 11 is 0. The maximum absolute atomic E-state index is 12.5. The summed E-state index contributed by atoms with van der Waals surface area (Å²) < 4.78 is 32.7. The molecule has 1 amide bonds. The minimum absolute atomic E-state index is 0.143. The van der Waals surface area contributed by atoms with Crippen molar-refractivity contribution in [2.75, 3.05) is 26.2 Å². The Labute approximate surface area is 160 Å². The normalized spacial score (nSPS) is 17.7. The molecule has 2 aromatic carbocycles. The third kappa shape index (κ3) is 5.63. The van der Waals surface area contributed by atoms with Crippen molar-refractivity contribution in [2.45, 2.75) is 18.8 Å². The molecule has 1 aliphatic rings. The van der Waals surface area contributed by atoms with Crippen LogP contribution < -0.4 is 4.72 Å². The fourth-order valence-electron chi connectivity index (χ4n) is 2.98. The Morgan fingerprint density at radius 3 is 2.56 bits per heavy atom. The number of ether oxygens (including phenoxy) is 1. The number of benzene rings is 2. The van der Waals surface area contributed by atoms with Gasteiger partial charge in [-0.1, -0.05) is 60.2 Å². The van der Waals surface area contributed by atoms with Crippen LogP contribution in [0.25, 0.3) is 0 Å². The third-order valence-corrected chi connectivity index (χ3v) is 5.81. The molecular formula is C20H24N2O4S. The summed E-state index contributed by atoms with van der Waals surface area (Å²) in [7, 11) is -3.58. The van der Waals surface area contributed by atoms with E-state index in [-0.39, 0.29) is 24.3 Å². The highest BCUT2D eigenvalue weighted by Crippen LogP contribution is 2.21. The summed E-state index contributed by atoms with van der Waals surface area (Å²) in [5.74, 6) is -0.386. The number of carbonyl (C=O) groups excluding carboxylic acids is 1. The van der Waals surface area contributed by atoms with Crippen molar-refractivity contribution in [1.82, 2.24) is 9.62 Å². The Morgan fingerprint density at radius 2 is 1.85 bits per heavy atom. The molecule has 1 heterocycles. The molecule has 1 atom stereocenters. The molecule has 2 aromatic rings. The lowest BCUT2D eigenvalue weighted by Crippen LogP contribution is -2.46. The zero-order chi connectivity index (χ0) is 19.3. The molecule has 0 saturated carbocycles. The van der Waals surface area contributed by atoms with Crippen molar-refractivity contribution in [3.05, 3.63) is 71.3 Å². The number of nitrogens with zero attached hydrogens (tertiary/aromatic N) is 1. The van der Waals surface area contributed by atoms with Crippen LogP contribution in [0.3, 0.4) is 0 Å². The molecule has 1 unspecified atom stereocenters. The Bertz CT molecular complexity index is 867. The van der Waals surface area contributed by atoms with Gasteiger partial charge < -0.3 is 9.64 Å². The predicted octanol–water partition coefficient (Wildman–Crippen LogP) is 2.01. The number of hydrogen-bond acceptors (Lipinski definition) is 4. The molecule has 0 spiro atoms. The van der Waals surface area contributed by atoms with E-state index < -0.39 is 10.0 Å². The molecule has 6 nitrogen and oxygen atoms in total. The van der Waals surface area contributed by atoms with Gasteiger partial charge >= 0.3 is 0 Å². The average Bonchev–Trinajstić information content (AvgIpc) is 2.69. The molecule has 0 bridgehead atoms. The standard InChI is InChI=1S/C20H24N2O4S/c1-16-7-9-17(10-8-16)15-27(24,25)21-13-20(23)22-11-12-26-19(14-22)18-5-3-2-4-6-18/h2-10,19,21H,11-15H2,1H3. The van der Waals surface area contributed by atoms with Gasteiger partial charge in [-0.3, -0.25) is 4.79 Å². The number of sulfonamides is 1. The van der Waals surface area contributed by atoms with Crippen molar-refractivity contribution in [3.8, 4) is 0 Å². The van der Waals surface area contributed by atoms with E-state index >= 15 is 0 Å². The fraction of sp³-hybridized carbons (Fsp3) is 0.350. The van der Waals surface area contributed by atoms with Gasteiger partial charge in [0.1, 0.15) is 6.10 Å². The van der Waals surface area contributed by atoms with Crippen LogP contribution in [-0.4, -0.2) is 45.5 Å². The predicted molar refractivity (Wildman–Crippen MR) is 104 cm³/mol. The van der Waals surface area contributed by atoms with E-state index in [1.54, 1.807) is 17.0 Å². The number of aryl methyl sites for hydroxylation is 1. The molecule has 0 radical (unpaired) electrons. The number of rotatable bonds is 6. The van der Waals surface area contributed by atoms with Crippen LogP contribution in [-0.2, 0) is 25.3 Å². The van der Waals surface area contributed by atoms with Crippen molar-refractivity contribution < 1.29 is 17.9 Å². The first-order chi connectivity index (χ1) is 12.9. The van der Waals surface area contributed by atoms with Crippen LogP contribution in [0.4, 0.5) is 0 Å². The highest BCUT2D eigenvalue weighted by atomic mass is 32.2. The van der Waals surface area contributed by atoms with Crippen LogP contribution in [0.2, 0.25) is 0 Å². The monoisotopic (exact) mass is 388 g/mol. The van der Waals surface area contributed by atoms with E-state index in [1.165, 1.54) is 0 Å². The van der Waals surface area contributed by atoms with E-state index in [2.05, 4.69) is 4.72 Å². The quantitative estimate of drug-likeness (QED) is 0.821. The van der Waals surface area contributed by atoms with Gasteiger partial charge in [0.2, 0.25) is 15.9 Å². The Morgan fingerprint density at radius 1 is 1.15 bits per heavy atom. The maximum Gasteiger partial charge on any atom is 0.237 e. The summed E-state index contributed by atoms with van der Waals surface area (Å²) in [4.78, 5) is 14.1. The van der Waals surface area contributed by atoms with E-state index in [0.717, 1.165) is 11.1 Å². The molecule has 0 aliphatic carbocycles. The van der Waals surface area contributed by atoms with Gasteiger partial charge in [0, 0.05) is 6.54 Å². The zero-order valence-corrected chi connectivity index (χ0v) is 16.1. The van der Waals surface area contributed by atoms with Gasteiger partial charge in [0.05, 0.1) is 25.4 Å². The van der Waals surface area contributed by atoms with E-state index in [9.17, 15) is 13.2 Å². The van der Waals surface area contributed by atoms with Crippen LogP contribution >= 0.6 is 0 Å². The van der Waals surface area contributed by atoms with Crippen molar-refractivity contribution in [2.24, 2.45) is 0 Å². The van der Waals surface area contributed by atoms with Crippen molar-refractivity contribution in [3.63, 3.8) is 0 Å². The fourth-order valence-corrected chi connectivity index (χ4v) is 4.06. The van der Waals surface area contributed by atoms with Gasteiger partial charge in [0.15, 0.2) is 0 Å². The lowest BCUT2D eigenvalue weighted by molar-refractivity contribution is -0.137. The highest BCUT2D eigenvalue weighted by molar-refractivity contribution is 7.88. The third-order valence-electron chi connectivity index (χ3n) is 4.51. The molecule has 7 heteroatoms. The number of amides is 1. The average molecular weight is 388 g/mol. The van der Waals surface area contributed by atoms with Gasteiger partial charge in [-0.25, -0.2) is 13.1 Å². The summed E-state index contributed by atoms with van der Waals surface area (Å²) in [6.45, 7) is 3.02. The lowest BCUT2D eigenvalue weighted by Gasteiger charge is -2.33.